The molecular formula is C12H17N3O3S. The Bertz CT molecular complexity index is 555. The molecule has 0 spiro atoms. The van der Waals surface area contributed by atoms with Crippen molar-refractivity contribution in [3.05, 3.63) is 42.5 Å². The lowest BCUT2D eigenvalue weighted by Crippen LogP contribution is -2.34. The number of carbonyl (C=O) groups excluding carboxylic acids is 1. The zero-order valence-electron chi connectivity index (χ0n) is 10.6. The van der Waals surface area contributed by atoms with Gasteiger partial charge < -0.3 is 10.6 Å². The van der Waals surface area contributed by atoms with Gasteiger partial charge in [0.2, 0.25) is 10.0 Å². The monoisotopic (exact) mass is 283 g/mol. The average molecular weight is 283 g/mol. The number of nitrogens with one attached hydrogen (secondary N) is 3. The molecule has 1 rings (SSSR count). The molecule has 0 heterocycles. The average Bonchev–Trinajstić information content (AvgIpc) is 2.32. The summed E-state index contributed by atoms with van der Waals surface area (Å²) in [7, 11) is -3.30. The second kappa shape index (κ2) is 6.79. The molecule has 0 bridgehead atoms. The molecule has 3 N–H and O–H groups in total. The minimum atomic E-state index is -3.30. The van der Waals surface area contributed by atoms with Crippen molar-refractivity contribution in [2.75, 3.05) is 17.5 Å². The molecule has 0 saturated carbocycles. The minimum Gasteiger partial charge on any atom is -0.335 e. The van der Waals surface area contributed by atoms with E-state index in [4.69, 9.17) is 0 Å². The highest BCUT2D eigenvalue weighted by molar-refractivity contribution is 7.92. The van der Waals surface area contributed by atoms with Gasteiger partial charge in [0.1, 0.15) is 0 Å². The second-order valence-corrected chi connectivity index (χ2v) is 5.68. The predicted octanol–water partition coefficient (Wildman–Crippen LogP) is 1.04. The van der Waals surface area contributed by atoms with Crippen LogP contribution in [0.15, 0.2) is 36.9 Å². The van der Waals surface area contributed by atoms with Gasteiger partial charge in [-0.05, 0) is 17.7 Å². The third-order valence-electron chi connectivity index (χ3n) is 2.09. The van der Waals surface area contributed by atoms with Crippen molar-refractivity contribution < 1.29 is 13.2 Å². The normalized spacial score (nSPS) is 10.6. The fraction of sp³-hybridized carbons (Fsp3) is 0.250. The maximum absolute atomic E-state index is 11.3. The molecular weight excluding hydrogens is 266 g/mol. The van der Waals surface area contributed by atoms with Gasteiger partial charge in [0.05, 0.1) is 6.26 Å². The lowest BCUT2D eigenvalue weighted by atomic mass is 10.2. The molecule has 0 radical (unpaired) electrons. The summed E-state index contributed by atoms with van der Waals surface area (Å²) in [6.45, 7) is 4.19. The lowest BCUT2D eigenvalue weighted by molar-refractivity contribution is 0.241. The van der Waals surface area contributed by atoms with Crippen molar-refractivity contribution in [3.8, 4) is 0 Å². The first kappa shape index (κ1) is 15.0. The Morgan fingerprint density at radius 2 is 2.11 bits per heavy atom. The van der Waals surface area contributed by atoms with E-state index in [0.29, 0.717) is 18.8 Å². The van der Waals surface area contributed by atoms with Crippen molar-refractivity contribution in [1.29, 1.82) is 0 Å². The number of amides is 2. The van der Waals surface area contributed by atoms with E-state index in [1.54, 1.807) is 30.3 Å². The largest absolute Gasteiger partial charge is 0.335 e. The van der Waals surface area contributed by atoms with E-state index in [0.717, 1.165) is 11.8 Å². The van der Waals surface area contributed by atoms with Gasteiger partial charge in [0.15, 0.2) is 0 Å². The van der Waals surface area contributed by atoms with Crippen LogP contribution in [0, 0.1) is 0 Å². The van der Waals surface area contributed by atoms with E-state index in [1.807, 2.05) is 0 Å². The number of sulfonamides is 1. The number of benzene rings is 1. The molecule has 19 heavy (non-hydrogen) atoms. The maximum atomic E-state index is 11.3. The molecule has 0 unspecified atom stereocenters. The van der Waals surface area contributed by atoms with Gasteiger partial charge in [-0.1, -0.05) is 18.2 Å². The zero-order valence-corrected chi connectivity index (χ0v) is 11.5. The number of hydrogen-bond acceptors (Lipinski definition) is 3. The summed E-state index contributed by atoms with van der Waals surface area (Å²) in [6.07, 6.45) is 2.66. The molecule has 7 heteroatoms. The zero-order chi connectivity index (χ0) is 14.3. The van der Waals surface area contributed by atoms with Crippen molar-refractivity contribution >= 4 is 21.7 Å². The summed E-state index contributed by atoms with van der Waals surface area (Å²) >= 11 is 0. The van der Waals surface area contributed by atoms with Crippen LogP contribution in [0.2, 0.25) is 0 Å². The van der Waals surface area contributed by atoms with Crippen molar-refractivity contribution in [2.45, 2.75) is 6.54 Å². The van der Waals surface area contributed by atoms with Gasteiger partial charge in [-0.3, -0.25) is 4.72 Å². The van der Waals surface area contributed by atoms with Crippen LogP contribution in [0.1, 0.15) is 5.56 Å². The molecule has 0 aliphatic rings. The van der Waals surface area contributed by atoms with Crippen molar-refractivity contribution in [2.24, 2.45) is 0 Å². The molecule has 1 aromatic carbocycles. The summed E-state index contributed by atoms with van der Waals surface area (Å²) in [4.78, 5) is 11.3. The molecule has 6 nitrogen and oxygen atoms in total. The number of carbonyl (C=O) groups is 1. The van der Waals surface area contributed by atoms with Crippen LogP contribution >= 0.6 is 0 Å². The van der Waals surface area contributed by atoms with E-state index in [-0.39, 0.29) is 6.03 Å². The van der Waals surface area contributed by atoms with E-state index < -0.39 is 10.0 Å². The smallest absolute Gasteiger partial charge is 0.315 e. The molecule has 104 valence electrons. The molecule has 0 fully saturated rings. The number of anilines is 1. The Hall–Kier alpha value is -2.02. The summed E-state index contributed by atoms with van der Waals surface area (Å²) < 4.78 is 24.6. The first-order chi connectivity index (χ1) is 8.90. The fourth-order valence-electron chi connectivity index (χ4n) is 1.37. The van der Waals surface area contributed by atoms with Gasteiger partial charge in [-0.15, -0.1) is 6.58 Å². The summed E-state index contributed by atoms with van der Waals surface area (Å²) in [5.74, 6) is 0. The van der Waals surface area contributed by atoms with Crippen LogP contribution in [0.5, 0.6) is 0 Å². The second-order valence-electron chi connectivity index (χ2n) is 3.93. The van der Waals surface area contributed by atoms with E-state index >= 15 is 0 Å². The Morgan fingerprint density at radius 3 is 2.74 bits per heavy atom. The van der Waals surface area contributed by atoms with E-state index in [9.17, 15) is 13.2 Å². The van der Waals surface area contributed by atoms with Crippen LogP contribution in [-0.4, -0.2) is 27.2 Å². The first-order valence-corrected chi connectivity index (χ1v) is 7.49. The third kappa shape index (κ3) is 6.46. The summed E-state index contributed by atoms with van der Waals surface area (Å²) in [6, 6.07) is 6.51. The van der Waals surface area contributed by atoms with Crippen LogP contribution in [0.3, 0.4) is 0 Å². The number of rotatable bonds is 6. The Kier molecular flexibility index (Phi) is 5.37. The quantitative estimate of drug-likeness (QED) is 0.682. The van der Waals surface area contributed by atoms with Gasteiger partial charge in [-0.2, -0.15) is 0 Å². The van der Waals surface area contributed by atoms with Gasteiger partial charge in [-0.25, -0.2) is 13.2 Å². The highest BCUT2D eigenvalue weighted by Gasteiger charge is 2.03. The van der Waals surface area contributed by atoms with Crippen LogP contribution in [0.25, 0.3) is 0 Å². The summed E-state index contributed by atoms with van der Waals surface area (Å²) in [5.41, 5.74) is 1.26. The van der Waals surface area contributed by atoms with Crippen molar-refractivity contribution in [1.82, 2.24) is 10.6 Å². The topological polar surface area (TPSA) is 87.3 Å². The Labute approximate surface area is 113 Å². The molecule has 2 amide bonds. The summed E-state index contributed by atoms with van der Waals surface area (Å²) in [5, 5.41) is 5.22. The van der Waals surface area contributed by atoms with E-state index in [1.165, 1.54) is 0 Å². The molecule has 0 aliphatic carbocycles. The van der Waals surface area contributed by atoms with Gasteiger partial charge >= 0.3 is 6.03 Å². The fourth-order valence-corrected chi connectivity index (χ4v) is 1.92. The SMILES string of the molecule is C=CCNC(=O)NCc1cccc(NS(C)(=O)=O)c1. The minimum absolute atomic E-state index is 0.304. The van der Waals surface area contributed by atoms with Crippen LogP contribution in [-0.2, 0) is 16.6 Å². The van der Waals surface area contributed by atoms with E-state index in [2.05, 4.69) is 21.9 Å². The van der Waals surface area contributed by atoms with Crippen LogP contribution < -0.4 is 15.4 Å². The third-order valence-corrected chi connectivity index (χ3v) is 2.70. The lowest BCUT2D eigenvalue weighted by Gasteiger charge is -2.08. The standard InChI is InChI=1S/C12H17N3O3S/c1-3-7-13-12(16)14-9-10-5-4-6-11(8-10)15-19(2,17)18/h3-6,8,15H,1,7,9H2,2H3,(H2,13,14,16). The van der Waals surface area contributed by atoms with Crippen molar-refractivity contribution in [3.63, 3.8) is 0 Å². The molecule has 0 aromatic heterocycles. The Morgan fingerprint density at radius 1 is 1.37 bits per heavy atom. The first-order valence-electron chi connectivity index (χ1n) is 5.60. The van der Waals surface area contributed by atoms with Crippen LogP contribution in [0.4, 0.5) is 10.5 Å². The predicted molar refractivity (Wildman–Crippen MR) is 75.3 cm³/mol. The molecule has 0 aliphatic heterocycles. The molecule has 0 saturated heterocycles. The highest BCUT2D eigenvalue weighted by Crippen LogP contribution is 2.11. The Balaban J connectivity index is 2.57. The van der Waals surface area contributed by atoms with Gasteiger partial charge in [0, 0.05) is 18.8 Å². The molecule has 1 aromatic rings. The van der Waals surface area contributed by atoms with Gasteiger partial charge in [0.25, 0.3) is 0 Å². The maximum Gasteiger partial charge on any atom is 0.315 e. The highest BCUT2D eigenvalue weighted by atomic mass is 32.2. The number of urea groups is 1. The number of hydrogen-bond donors (Lipinski definition) is 3. The molecule has 0 atom stereocenters.